The van der Waals surface area contributed by atoms with Gasteiger partial charge in [0.2, 0.25) is 11.9 Å². The monoisotopic (exact) mass is 417 g/mol. The van der Waals surface area contributed by atoms with Crippen LogP contribution < -0.4 is 11.1 Å². The zero-order chi connectivity index (χ0) is 19.3. The SMILES string of the molecule is CCC(C(=O)Nc1cc(Cl)cc(Cl)c1)n1c(N)nnc1SCC(=O)OC. The fourth-order valence-corrected chi connectivity index (χ4v) is 3.55. The number of carbonyl (C=O) groups is 2. The molecule has 0 saturated heterocycles. The number of aromatic nitrogens is 3. The molecule has 0 radical (unpaired) electrons. The summed E-state index contributed by atoms with van der Waals surface area (Å²) >= 11 is 13.0. The summed E-state index contributed by atoms with van der Waals surface area (Å²) in [6.07, 6.45) is 0.425. The summed E-state index contributed by atoms with van der Waals surface area (Å²) < 4.78 is 6.08. The highest BCUT2D eigenvalue weighted by atomic mass is 35.5. The minimum Gasteiger partial charge on any atom is -0.468 e. The number of nitrogens with two attached hydrogens (primary N) is 1. The lowest BCUT2D eigenvalue weighted by Crippen LogP contribution is -2.27. The van der Waals surface area contributed by atoms with Crippen LogP contribution in [-0.2, 0) is 14.3 Å². The molecule has 3 N–H and O–H groups in total. The second-order valence-electron chi connectivity index (χ2n) is 5.15. The van der Waals surface area contributed by atoms with Gasteiger partial charge in [0, 0.05) is 15.7 Å². The van der Waals surface area contributed by atoms with Crippen molar-refractivity contribution in [2.75, 3.05) is 23.9 Å². The summed E-state index contributed by atoms with van der Waals surface area (Å²) in [5.74, 6) is -0.661. The maximum Gasteiger partial charge on any atom is 0.316 e. The lowest BCUT2D eigenvalue weighted by molar-refractivity contribution is -0.137. The quantitative estimate of drug-likeness (QED) is 0.525. The molecule has 1 atom stereocenters. The first kappa shape index (κ1) is 20.3. The molecule has 1 aromatic heterocycles. The molecule has 1 aromatic carbocycles. The number of nitrogens with one attached hydrogen (secondary N) is 1. The van der Waals surface area contributed by atoms with Gasteiger partial charge in [0.1, 0.15) is 6.04 Å². The average Bonchev–Trinajstić information content (AvgIpc) is 2.93. The van der Waals surface area contributed by atoms with Gasteiger partial charge in [-0.3, -0.25) is 14.2 Å². The maximum atomic E-state index is 12.7. The molecular formula is C15H17Cl2N5O3S. The standard InChI is InChI=1S/C15H17Cl2N5O3S/c1-3-11(13(24)19-10-5-8(16)4-9(17)6-10)22-14(18)20-21-15(22)26-7-12(23)25-2/h4-6,11H,3,7H2,1-2H3,(H2,18,20)(H,19,24). The third-order valence-electron chi connectivity index (χ3n) is 3.37. The molecule has 1 heterocycles. The van der Waals surface area contributed by atoms with E-state index >= 15 is 0 Å². The number of hydrogen-bond donors (Lipinski definition) is 2. The Balaban J connectivity index is 2.23. The van der Waals surface area contributed by atoms with Crippen LogP contribution in [0.5, 0.6) is 0 Å². The van der Waals surface area contributed by atoms with Crippen molar-refractivity contribution in [2.45, 2.75) is 24.5 Å². The van der Waals surface area contributed by atoms with Crippen LogP contribution in [0, 0.1) is 0 Å². The van der Waals surface area contributed by atoms with E-state index in [0.29, 0.717) is 27.3 Å². The molecule has 0 saturated carbocycles. The Morgan fingerprint density at radius 1 is 1.31 bits per heavy atom. The third-order valence-corrected chi connectivity index (χ3v) is 4.72. The van der Waals surface area contributed by atoms with Crippen molar-refractivity contribution in [2.24, 2.45) is 0 Å². The van der Waals surface area contributed by atoms with Gasteiger partial charge in [-0.1, -0.05) is 41.9 Å². The van der Waals surface area contributed by atoms with Crippen LogP contribution in [0.3, 0.4) is 0 Å². The smallest absolute Gasteiger partial charge is 0.316 e. The number of anilines is 2. The molecule has 11 heteroatoms. The van der Waals surface area contributed by atoms with Crippen molar-refractivity contribution in [3.8, 4) is 0 Å². The Hall–Kier alpha value is -1.97. The van der Waals surface area contributed by atoms with Gasteiger partial charge >= 0.3 is 5.97 Å². The van der Waals surface area contributed by atoms with Crippen LogP contribution in [0.4, 0.5) is 11.6 Å². The van der Waals surface area contributed by atoms with Crippen molar-refractivity contribution in [1.82, 2.24) is 14.8 Å². The van der Waals surface area contributed by atoms with Gasteiger partial charge in [0.15, 0.2) is 5.16 Å². The van der Waals surface area contributed by atoms with Crippen molar-refractivity contribution in [3.05, 3.63) is 28.2 Å². The van der Waals surface area contributed by atoms with E-state index < -0.39 is 12.0 Å². The Morgan fingerprint density at radius 3 is 2.54 bits per heavy atom. The number of hydrogen-bond acceptors (Lipinski definition) is 7. The fraction of sp³-hybridized carbons (Fsp3) is 0.333. The number of esters is 1. The van der Waals surface area contributed by atoms with Gasteiger partial charge in [-0.15, -0.1) is 10.2 Å². The molecule has 0 fully saturated rings. The number of carbonyl (C=O) groups excluding carboxylic acids is 2. The molecule has 140 valence electrons. The molecule has 1 unspecified atom stereocenters. The Morgan fingerprint density at radius 2 is 1.96 bits per heavy atom. The van der Waals surface area contributed by atoms with E-state index in [1.807, 2.05) is 6.92 Å². The molecular weight excluding hydrogens is 401 g/mol. The largest absolute Gasteiger partial charge is 0.468 e. The first-order valence-corrected chi connectivity index (χ1v) is 9.26. The average molecular weight is 418 g/mol. The van der Waals surface area contributed by atoms with Crippen molar-refractivity contribution in [3.63, 3.8) is 0 Å². The summed E-state index contributed by atoms with van der Waals surface area (Å²) in [5, 5.41) is 11.6. The summed E-state index contributed by atoms with van der Waals surface area (Å²) in [6, 6.07) is 4.05. The molecule has 0 aliphatic heterocycles. The van der Waals surface area contributed by atoms with Crippen LogP contribution in [0.15, 0.2) is 23.4 Å². The van der Waals surface area contributed by atoms with E-state index in [-0.39, 0.29) is 17.6 Å². The highest BCUT2D eigenvalue weighted by molar-refractivity contribution is 7.99. The van der Waals surface area contributed by atoms with Gasteiger partial charge in [-0.2, -0.15) is 0 Å². The normalized spacial score (nSPS) is 11.8. The zero-order valence-electron chi connectivity index (χ0n) is 14.0. The van der Waals surface area contributed by atoms with Crippen molar-refractivity contribution < 1.29 is 14.3 Å². The second kappa shape index (κ2) is 9.11. The molecule has 2 aromatic rings. The maximum absolute atomic E-state index is 12.7. The van der Waals surface area contributed by atoms with Gasteiger partial charge in [0.05, 0.1) is 12.9 Å². The number of rotatable bonds is 7. The Kier molecular flexibility index (Phi) is 7.13. The van der Waals surface area contributed by atoms with Crippen LogP contribution in [0.2, 0.25) is 10.0 Å². The van der Waals surface area contributed by atoms with Crippen LogP contribution in [0.1, 0.15) is 19.4 Å². The van der Waals surface area contributed by atoms with Gasteiger partial charge in [0.25, 0.3) is 0 Å². The molecule has 8 nitrogen and oxygen atoms in total. The van der Waals surface area contributed by atoms with Gasteiger partial charge in [-0.25, -0.2) is 0 Å². The molecule has 0 aliphatic carbocycles. The minimum atomic E-state index is -0.678. The Labute approximate surface area is 164 Å². The lowest BCUT2D eigenvalue weighted by Gasteiger charge is -2.19. The molecule has 26 heavy (non-hydrogen) atoms. The molecule has 0 spiro atoms. The number of halogens is 2. The number of methoxy groups -OCH3 is 1. The summed E-state index contributed by atoms with van der Waals surface area (Å²) in [6.45, 7) is 1.82. The minimum absolute atomic E-state index is 0.0244. The first-order valence-electron chi connectivity index (χ1n) is 7.52. The van der Waals surface area contributed by atoms with E-state index in [0.717, 1.165) is 11.8 Å². The summed E-state index contributed by atoms with van der Waals surface area (Å²) in [4.78, 5) is 24.1. The van der Waals surface area contributed by atoms with Gasteiger partial charge < -0.3 is 15.8 Å². The van der Waals surface area contributed by atoms with E-state index in [9.17, 15) is 9.59 Å². The number of nitrogens with zero attached hydrogens (tertiary/aromatic N) is 3. The third kappa shape index (κ3) is 5.03. The van der Waals surface area contributed by atoms with Gasteiger partial charge in [-0.05, 0) is 24.6 Å². The molecule has 0 bridgehead atoms. The second-order valence-corrected chi connectivity index (χ2v) is 6.96. The van der Waals surface area contributed by atoms with E-state index in [1.165, 1.54) is 11.7 Å². The van der Waals surface area contributed by atoms with Crippen LogP contribution in [-0.4, -0.2) is 39.5 Å². The number of benzene rings is 1. The molecule has 1 amide bonds. The fourth-order valence-electron chi connectivity index (χ4n) is 2.20. The molecule has 2 rings (SSSR count). The molecule has 0 aliphatic rings. The summed E-state index contributed by atoms with van der Waals surface area (Å²) in [7, 11) is 1.29. The predicted octanol–water partition coefficient (Wildman–Crippen LogP) is 3.02. The summed E-state index contributed by atoms with van der Waals surface area (Å²) in [5.41, 5.74) is 6.33. The van der Waals surface area contributed by atoms with Crippen molar-refractivity contribution >= 4 is 58.5 Å². The highest BCUT2D eigenvalue weighted by Gasteiger charge is 2.25. The zero-order valence-corrected chi connectivity index (χ0v) is 16.4. The van der Waals surface area contributed by atoms with Crippen LogP contribution in [0.25, 0.3) is 0 Å². The number of amides is 1. The predicted molar refractivity (Wildman–Crippen MR) is 102 cm³/mol. The van der Waals surface area contributed by atoms with Crippen LogP contribution >= 0.6 is 35.0 Å². The Bertz CT molecular complexity index is 794. The van der Waals surface area contributed by atoms with E-state index in [1.54, 1.807) is 18.2 Å². The topological polar surface area (TPSA) is 112 Å². The van der Waals surface area contributed by atoms with E-state index in [2.05, 4.69) is 20.3 Å². The number of nitrogen functional groups attached to an aromatic ring is 1. The first-order chi connectivity index (χ1) is 12.3. The number of ether oxygens (including phenoxy) is 1. The van der Waals surface area contributed by atoms with E-state index in [4.69, 9.17) is 28.9 Å². The number of thioether (sulfide) groups is 1. The lowest BCUT2D eigenvalue weighted by atomic mass is 10.2. The highest BCUT2D eigenvalue weighted by Crippen LogP contribution is 2.27. The van der Waals surface area contributed by atoms with Crippen molar-refractivity contribution in [1.29, 1.82) is 0 Å².